The van der Waals surface area contributed by atoms with Crippen LogP contribution >= 0.6 is 11.3 Å². The van der Waals surface area contributed by atoms with Gasteiger partial charge < -0.3 is 9.84 Å². The molecule has 92 valence electrons. The highest BCUT2D eigenvalue weighted by molar-refractivity contribution is 7.09. The third kappa shape index (κ3) is 5.55. The van der Waals surface area contributed by atoms with Gasteiger partial charge in [-0.3, -0.25) is 9.88 Å². The van der Waals surface area contributed by atoms with E-state index >= 15 is 0 Å². The summed E-state index contributed by atoms with van der Waals surface area (Å²) in [6.45, 7) is 7.56. The maximum Gasteiger partial charge on any atom is 0.167 e. The molecule has 2 heterocycles. The standard InChI is InChI=1S/C7H15NO2.C4H5NS/c1-2-3-8-4-5-10-7(9)6-8;1-4-2-5-3-6-4/h7,9H,2-6H2,1H3;2-3H,1H3. The van der Waals surface area contributed by atoms with Crippen LogP contribution in [0.15, 0.2) is 11.7 Å². The van der Waals surface area contributed by atoms with E-state index in [0.29, 0.717) is 13.2 Å². The van der Waals surface area contributed by atoms with E-state index in [1.807, 2.05) is 18.6 Å². The van der Waals surface area contributed by atoms with Crippen molar-refractivity contribution in [2.24, 2.45) is 0 Å². The largest absolute Gasteiger partial charge is 0.367 e. The molecule has 1 saturated heterocycles. The van der Waals surface area contributed by atoms with Crippen LogP contribution in [0.25, 0.3) is 0 Å². The predicted octanol–water partition coefficient (Wildman–Crippen LogP) is 1.50. The molecule has 1 aliphatic heterocycles. The van der Waals surface area contributed by atoms with E-state index in [1.54, 1.807) is 11.3 Å². The van der Waals surface area contributed by atoms with Crippen LogP contribution in [0.4, 0.5) is 0 Å². The number of β-amino-alcohol motifs (C(OH)–C–C–N with tert-alkyl or cyclic N) is 1. The SMILES string of the molecule is CCCN1CCOC(O)C1.Cc1cncs1. The number of hydrogen-bond donors (Lipinski definition) is 1. The monoisotopic (exact) mass is 244 g/mol. The van der Waals surface area contributed by atoms with Gasteiger partial charge in [-0.1, -0.05) is 6.92 Å². The zero-order valence-electron chi connectivity index (χ0n) is 9.93. The molecule has 1 atom stereocenters. The number of rotatable bonds is 2. The van der Waals surface area contributed by atoms with Gasteiger partial charge in [0.25, 0.3) is 0 Å². The first-order valence-electron chi connectivity index (χ1n) is 5.59. The van der Waals surface area contributed by atoms with Crippen LogP contribution in [0.3, 0.4) is 0 Å². The van der Waals surface area contributed by atoms with Gasteiger partial charge in [0.05, 0.1) is 12.1 Å². The molecule has 0 aromatic carbocycles. The fourth-order valence-electron chi connectivity index (χ4n) is 1.48. The van der Waals surface area contributed by atoms with Crippen molar-refractivity contribution in [3.63, 3.8) is 0 Å². The molecule has 0 spiro atoms. The van der Waals surface area contributed by atoms with Crippen molar-refractivity contribution in [1.82, 2.24) is 9.88 Å². The lowest BCUT2D eigenvalue weighted by Gasteiger charge is -2.29. The summed E-state index contributed by atoms with van der Waals surface area (Å²) in [6.07, 6.45) is 2.44. The molecule has 0 saturated carbocycles. The number of ether oxygens (including phenoxy) is 1. The second-order valence-corrected chi connectivity index (χ2v) is 4.83. The topological polar surface area (TPSA) is 45.6 Å². The summed E-state index contributed by atoms with van der Waals surface area (Å²) < 4.78 is 4.97. The van der Waals surface area contributed by atoms with Crippen molar-refractivity contribution in [3.05, 3.63) is 16.6 Å². The molecule has 0 amide bonds. The van der Waals surface area contributed by atoms with Gasteiger partial charge in [0.1, 0.15) is 0 Å². The summed E-state index contributed by atoms with van der Waals surface area (Å²) in [4.78, 5) is 7.33. The molecule has 0 radical (unpaired) electrons. The number of aryl methyl sites for hydroxylation is 1. The molecule has 2 rings (SSSR count). The van der Waals surface area contributed by atoms with E-state index in [0.717, 1.165) is 19.5 Å². The van der Waals surface area contributed by atoms with E-state index in [9.17, 15) is 0 Å². The lowest BCUT2D eigenvalue weighted by molar-refractivity contribution is -0.145. The average Bonchev–Trinajstić information content (AvgIpc) is 2.71. The number of hydrogen-bond acceptors (Lipinski definition) is 5. The van der Waals surface area contributed by atoms with E-state index < -0.39 is 6.29 Å². The van der Waals surface area contributed by atoms with E-state index in [1.165, 1.54) is 4.88 Å². The fraction of sp³-hybridized carbons (Fsp3) is 0.727. The first-order chi connectivity index (χ1) is 7.72. The van der Waals surface area contributed by atoms with Gasteiger partial charge in [0.15, 0.2) is 6.29 Å². The quantitative estimate of drug-likeness (QED) is 0.856. The highest BCUT2D eigenvalue weighted by Gasteiger charge is 2.16. The molecule has 0 aliphatic carbocycles. The zero-order chi connectivity index (χ0) is 11.8. The van der Waals surface area contributed by atoms with Crippen molar-refractivity contribution in [2.45, 2.75) is 26.6 Å². The average molecular weight is 244 g/mol. The van der Waals surface area contributed by atoms with Crippen LogP contribution in [0, 0.1) is 6.92 Å². The number of aliphatic hydroxyl groups is 1. The lowest BCUT2D eigenvalue weighted by atomic mass is 10.3. The lowest BCUT2D eigenvalue weighted by Crippen LogP contribution is -2.42. The Hall–Kier alpha value is -0.490. The van der Waals surface area contributed by atoms with Crippen molar-refractivity contribution in [3.8, 4) is 0 Å². The molecule has 4 nitrogen and oxygen atoms in total. The minimum atomic E-state index is -0.555. The molecular formula is C11H20N2O2S. The van der Waals surface area contributed by atoms with Crippen LogP contribution in [0.5, 0.6) is 0 Å². The first kappa shape index (κ1) is 13.6. The molecule has 0 bridgehead atoms. The molecule has 1 fully saturated rings. The Labute approximate surface area is 101 Å². The maximum absolute atomic E-state index is 9.04. The van der Waals surface area contributed by atoms with Crippen molar-refractivity contribution < 1.29 is 9.84 Å². The molecule has 16 heavy (non-hydrogen) atoms. The van der Waals surface area contributed by atoms with Gasteiger partial charge in [-0.25, -0.2) is 0 Å². The molecular weight excluding hydrogens is 224 g/mol. The second-order valence-electron chi connectivity index (χ2n) is 3.74. The van der Waals surface area contributed by atoms with Crippen molar-refractivity contribution in [2.75, 3.05) is 26.2 Å². The van der Waals surface area contributed by atoms with E-state index in [4.69, 9.17) is 9.84 Å². The number of thiazole rings is 1. The third-order valence-electron chi connectivity index (χ3n) is 2.23. The molecule has 1 N–H and O–H groups in total. The Kier molecular flexibility index (Phi) is 6.56. The van der Waals surface area contributed by atoms with Gasteiger partial charge in [-0.2, -0.15) is 0 Å². The summed E-state index contributed by atoms with van der Waals surface area (Å²) in [6, 6.07) is 0. The van der Waals surface area contributed by atoms with Gasteiger partial charge in [-0.15, -0.1) is 11.3 Å². The number of aromatic nitrogens is 1. The minimum absolute atomic E-state index is 0.555. The van der Waals surface area contributed by atoms with Crippen LogP contribution in [-0.2, 0) is 4.74 Å². The number of nitrogens with zero attached hydrogens (tertiary/aromatic N) is 2. The summed E-state index contributed by atoms with van der Waals surface area (Å²) >= 11 is 1.67. The smallest absolute Gasteiger partial charge is 0.167 e. The Balaban J connectivity index is 0.000000181. The van der Waals surface area contributed by atoms with Crippen LogP contribution in [0.1, 0.15) is 18.2 Å². The molecule has 1 aliphatic rings. The van der Waals surface area contributed by atoms with Gasteiger partial charge in [0, 0.05) is 24.2 Å². The highest BCUT2D eigenvalue weighted by Crippen LogP contribution is 2.02. The molecule has 1 unspecified atom stereocenters. The Bertz CT molecular complexity index is 265. The Morgan fingerprint density at radius 1 is 1.69 bits per heavy atom. The molecule has 5 heteroatoms. The van der Waals surface area contributed by atoms with E-state index in [-0.39, 0.29) is 0 Å². The zero-order valence-corrected chi connectivity index (χ0v) is 10.7. The summed E-state index contributed by atoms with van der Waals surface area (Å²) in [5.41, 5.74) is 1.83. The van der Waals surface area contributed by atoms with Gasteiger partial charge in [-0.05, 0) is 19.9 Å². The van der Waals surface area contributed by atoms with Crippen LogP contribution in [0.2, 0.25) is 0 Å². The number of aliphatic hydroxyl groups excluding tert-OH is 1. The maximum atomic E-state index is 9.04. The highest BCUT2D eigenvalue weighted by atomic mass is 32.1. The second kappa shape index (κ2) is 7.73. The molecule has 1 aromatic rings. The third-order valence-corrected chi connectivity index (χ3v) is 2.93. The van der Waals surface area contributed by atoms with Gasteiger partial charge >= 0.3 is 0 Å². The Morgan fingerprint density at radius 2 is 2.50 bits per heavy atom. The van der Waals surface area contributed by atoms with Gasteiger partial charge in [0.2, 0.25) is 0 Å². The van der Waals surface area contributed by atoms with Crippen LogP contribution < -0.4 is 0 Å². The predicted molar refractivity (Wildman–Crippen MR) is 65.5 cm³/mol. The number of morpholine rings is 1. The van der Waals surface area contributed by atoms with Crippen molar-refractivity contribution >= 4 is 11.3 Å². The minimum Gasteiger partial charge on any atom is -0.367 e. The normalized spacial score (nSPS) is 21.3. The Morgan fingerprint density at radius 3 is 2.94 bits per heavy atom. The van der Waals surface area contributed by atoms with E-state index in [2.05, 4.69) is 16.8 Å². The first-order valence-corrected chi connectivity index (χ1v) is 6.47. The summed E-state index contributed by atoms with van der Waals surface area (Å²) in [7, 11) is 0. The van der Waals surface area contributed by atoms with Crippen molar-refractivity contribution in [1.29, 1.82) is 0 Å². The summed E-state index contributed by atoms with van der Waals surface area (Å²) in [5.74, 6) is 0. The van der Waals surface area contributed by atoms with Crippen LogP contribution in [-0.4, -0.2) is 47.5 Å². The molecule has 1 aromatic heterocycles. The summed E-state index contributed by atoms with van der Waals surface area (Å²) in [5, 5.41) is 9.04. The fourth-order valence-corrected chi connectivity index (χ4v) is 1.89.